The van der Waals surface area contributed by atoms with E-state index < -0.39 is 5.82 Å². The molecule has 16 heavy (non-hydrogen) atoms. The van der Waals surface area contributed by atoms with Crippen molar-refractivity contribution in [2.45, 2.75) is 6.54 Å². The summed E-state index contributed by atoms with van der Waals surface area (Å²) in [6.07, 6.45) is 0. The lowest BCUT2D eigenvalue weighted by Crippen LogP contribution is -2.17. The SMILES string of the molecule is COCCONCc1ccc(F)c(C#N)c1. The molecule has 0 aliphatic rings. The highest BCUT2D eigenvalue weighted by Crippen LogP contribution is 2.09. The summed E-state index contributed by atoms with van der Waals surface area (Å²) in [6, 6.07) is 6.14. The molecule has 0 bridgehead atoms. The fourth-order valence-corrected chi connectivity index (χ4v) is 1.10. The van der Waals surface area contributed by atoms with Crippen LogP contribution in [0.4, 0.5) is 4.39 Å². The first-order chi connectivity index (χ1) is 7.77. The quantitative estimate of drug-likeness (QED) is 0.585. The molecule has 0 unspecified atom stereocenters. The Morgan fingerprint density at radius 2 is 2.25 bits per heavy atom. The fraction of sp³-hybridized carbons (Fsp3) is 0.364. The summed E-state index contributed by atoms with van der Waals surface area (Å²) in [5, 5.41) is 8.63. The standard InChI is InChI=1S/C11H13FN2O2/c1-15-4-5-16-14-8-9-2-3-11(12)10(6-9)7-13/h2-3,6,14H,4-5,8H2,1H3. The van der Waals surface area contributed by atoms with Crippen molar-refractivity contribution in [2.75, 3.05) is 20.3 Å². The number of hydrogen-bond donors (Lipinski definition) is 1. The minimum atomic E-state index is -0.508. The molecule has 1 aromatic rings. The lowest BCUT2D eigenvalue weighted by atomic mass is 10.1. The first-order valence-electron chi connectivity index (χ1n) is 4.80. The van der Waals surface area contributed by atoms with Crippen molar-refractivity contribution in [3.63, 3.8) is 0 Å². The van der Waals surface area contributed by atoms with Crippen LogP contribution in [0.3, 0.4) is 0 Å². The molecule has 1 aromatic carbocycles. The summed E-state index contributed by atoms with van der Waals surface area (Å²) in [7, 11) is 1.59. The Balaban J connectivity index is 2.40. The van der Waals surface area contributed by atoms with Gasteiger partial charge in [0.15, 0.2) is 0 Å². The number of hydroxylamine groups is 1. The second-order valence-corrected chi connectivity index (χ2v) is 3.09. The van der Waals surface area contributed by atoms with Gasteiger partial charge < -0.3 is 4.74 Å². The van der Waals surface area contributed by atoms with Gasteiger partial charge in [-0.2, -0.15) is 10.7 Å². The summed E-state index contributed by atoms with van der Waals surface area (Å²) >= 11 is 0. The van der Waals surface area contributed by atoms with Crippen LogP contribution < -0.4 is 5.48 Å². The zero-order valence-corrected chi connectivity index (χ0v) is 9.00. The minimum absolute atomic E-state index is 0.0381. The average Bonchev–Trinajstić information content (AvgIpc) is 2.31. The Morgan fingerprint density at radius 3 is 2.94 bits per heavy atom. The van der Waals surface area contributed by atoms with Gasteiger partial charge in [-0.1, -0.05) is 6.07 Å². The Morgan fingerprint density at radius 1 is 1.44 bits per heavy atom. The van der Waals surface area contributed by atoms with Crippen molar-refractivity contribution in [3.8, 4) is 6.07 Å². The van der Waals surface area contributed by atoms with Crippen LogP contribution in [0.15, 0.2) is 18.2 Å². The van der Waals surface area contributed by atoms with Gasteiger partial charge in [0.05, 0.1) is 18.8 Å². The van der Waals surface area contributed by atoms with Crippen molar-refractivity contribution < 1.29 is 14.0 Å². The van der Waals surface area contributed by atoms with Gasteiger partial charge in [0.1, 0.15) is 11.9 Å². The van der Waals surface area contributed by atoms with E-state index in [1.165, 1.54) is 12.1 Å². The maximum Gasteiger partial charge on any atom is 0.140 e. The van der Waals surface area contributed by atoms with Crippen molar-refractivity contribution in [3.05, 3.63) is 35.1 Å². The van der Waals surface area contributed by atoms with Crippen molar-refractivity contribution >= 4 is 0 Å². The van der Waals surface area contributed by atoms with Crippen LogP contribution in [0.25, 0.3) is 0 Å². The van der Waals surface area contributed by atoms with Gasteiger partial charge in [0.2, 0.25) is 0 Å². The van der Waals surface area contributed by atoms with E-state index in [1.807, 2.05) is 0 Å². The lowest BCUT2D eigenvalue weighted by molar-refractivity contribution is 0.00345. The Kier molecular flexibility index (Phi) is 5.43. The smallest absolute Gasteiger partial charge is 0.140 e. The molecule has 0 radical (unpaired) electrons. The maximum absolute atomic E-state index is 13.0. The Bertz CT molecular complexity index is 377. The zero-order chi connectivity index (χ0) is 11.8. The summed E-state index contributed by atoms with van der Waals surface area (Å²) in [6.45, 7) is 1.35. The number of nitriles is 1. The number of halogens is 1. The third-order valence-corrected chi connectivity index (χ3v) is 1.92. The first-order valence-corrected chi connectivity index (χ1v) is 4.80. The van der Waals surface area contributed by atoms with Gasteiger partial charge in [0.25, 0.3) is 0 Å². The van der Waals surface area contributed by atoms with E-state index in [2.05, 4.69) is 5.48 Å². The highest BCUT2D eigenvalue weighted by molar-refractivity contribution is 5.34. The summed E-state index contributed by atoms with van der Waals surface area (Å²) < 4.78 is 17.8. The van der Waals surface area contributed by atoms with E-state index in [0.29, 0.717) is 19.8 Å². The largest absolute Gasteiger partial charge is 0.382 e. The minimum Gasteiger partial charge on any atom is -0.382 e. The first kappa shape index (κ1) is 12.6. The van der Waals surface area contributed by atoms with E-state index in [9.17, 15) is 4.39 Å². The van der Waals surface area contributed by atoms with Crippen LogP contribution in [-0.2, 0) is 16.1 Å². The number of ether oxygens (including phenoxy) is 1. The fourth-order valence-electron chi connectivity index (χ4n) is 1.10. The summed E-state index contributed by atoms with van der Waals surface area (Å²) in [4.78, 5) is 5.03. The van der Waals surface area contributed by atoms with Gasteiger partial charge in [-0.3, -0.25) is 4.84 Å². The van der Waals surface area contributed by atoms with Crippen molar-refractivity contribution in [1.82, 2.24) is 5.48 Å². The Labute approximate surface area is 93.5 Å². The van der Waals surface area contributed by atoms with E-state index in [4.69, 9.17) is 14.8 Å². The molecule has 0 fully saturated rings. The van der Waals surface area contributed by atoms with E-state index in [0.717, 1.165) is 5.56 Å². The topological polar surface area (TPSA) is 54.3 Å². The molecular weight excluding hydrogens is 211 g/mol. The van der Waals surface area contributed by atoms with Crippen LogP contribution in [0.1, 0.15) is 11.1 Å². The number of benzene rings is 1. The molecule has 0 atom stereocenters. The van der Waals surface area contributed by atoms with Crippen LogP contribution in [0, 0.1) is 17.1 Å². The van der Waals surface area contributed by atoms with Gasteiger partial charge in [-0.15, -0.1) is 0 Å². The predicted octanol–water partition coefficient (Wildman–Crippen LogP) is 1.36. The maximum atomic E-state index is 13.0. The summed E-state index contributed by atoms with van der Waals surface area (Å²) in [5.74, 6) is -0.508. The number of rotatable bonds is 6. The number of methoxy groups -OCH3 is 1. The molecule has 4 nitrogen and oxygen atoms in total. The van der Waals surface area contributed by atoms with Crippen molar-refractivity contribution in [1.29, 1.82) is 5.26 Å². The summed E-state index contributed by atoms with van der Waals surface area (Å²) in [5.41, 5.74) is 3.52. The third-order valence-electron chi connectivity index (χ3n) is 1.92. The zero-order valence-electron chi connectivity index (χ0n) is 9.00. The van der Waals surface area contributed by atoms with Gasteiger partial charge in [-0.05, 0) is 17.7 Å². The molecule has 0 saturated heterocycles. The van der Waals surface area contributed by atoms with Crippen LogP contribution in [0.5, 0.6) is 0 Å². The molecule has 5 heteroatoms. The number of nitrogens with one attached hydrogen (secondary N) is 1. The van der Waals surface area contributed by atoms with Crippen LogP contribution in [-0.4, -0.2) is 20.3 Å². The Hall–Kier alpha value is -1.48. The number of hydrogen-bond acceptors (Lipinski definition) is 4. The highest BCUT2D eigenvalue weighted by atomic mass is 19.1. The molecule has 1 rings (SSSR count). The van der Waals surface area contributed by atoms with E-state index >= 15 is 0 Å². The molecule has 0 amide bonds. The molecule has 1 N–H and O–H groups in total. The third kappa shape index (κ3) is 3.95. The molecular formula is C11H13FN2O2. The second kappa shape index (κ2) is 6.90. The molecule has 0 heterocycles. The normalized spacial score (nSPS) is 10.1. The van der Waals surface area contributed by atoms with E-state index in [1.54, 1.807) is 19.2 Å². The molecule has 0 saturated carbocycles. The molecule has 0 spiro atoms. The van der Waals surface area contributed by atoms with Crippen molar-refractivity contribution in [2.24, 2.45) is 0 Å². The van der Waals surface area contributed by atoms with Gasteiger partial charge in [-0.25, -0.2) is 4.39 Å². The molecule has 0 aliphatic carbocycles. The second-order valence-electron chi connectivity index (χ2n) is 3.09. The van der Waals surface area contributed by atoms with Gasteiger partial charge >= 0.3 is 0 Å². The molecule has 0 aliphatic heterocycles. The monoisotopic (exact) mass is 224 g/mol. The lowest BCUT2D eigenvalue weighted by Gasteiger charge is -2.05. The predicted molar refractivity (Wildman–Crippen MR) is 55.8 cm³/mol. The average molecular weight is 224 g/mol. The van der Waals surface area contributed by atoms with E-state index in [-0.39, 0.29) is 5.56 Å². The number of nitrogens with zero attached hydrogens (tertiary/aromatic N) is 1. The highest BCUT2D eigenvalue weighted by Gasteiger charge is 2.02. The molecule has 86 valence electrons. The van der Waals surface area contributed by atoms with Crippen LogP contribution >= 0.6 is 0 Å². The van der Waals surface area contributed by atoms with Crippen LogP contribution in [0.2, 0.25) is 0 Å². The molecule has 0 aromatic heterocycles. The van der Waals surface area contributed by atoms with Gasteiger partial charge in [0, 0.05) is 13.7 Å².